The Morgan fingerprint density at radius 1 is 1.42 bits per heavy atom. The normalized spacial score (nSPS) is 10.7. The number of carbonyl (C=O) groups is 1. The third-order valence-corrected chi connectivity index (χ3v) is 2.99. The number of aromatic nitrogens is 2. The van der Waals surface area contributed by atoms with Crippen molar-refractivity contribution in [1.29, 1.82) is 0 Å². The molecule has 0 radical (unpaired) electrons. The summed E-state index contributed by atoms with van der Waals surface area (Å²) in [6.45, 7) is 4.22. The van der Waals surface area contributed by atoms with Crippen LogP contribution in [0.1, 0.15) is 35.8 Å². The van der Waals surface area contributed by atoms with Crippen molar-refractivity contribution < 1.29 is 4.79 Å². The molecule has 0 spiro atoms. The molecule has 0 fully saturated rings. The Morgan fingerprint density at radius 2 is 2.16 bits per heavy atom. The molecule has 2 aromatic rings. The summed E-state index contributed by atoms with van der Waals surface area (Å²) >= 11 is 0. The first-order chi connectivity index (χ1) is 8.99. The lowest BCUT2D eigenvalue weighted by atomic mass is 10.0. The number of nitrogen functional groups attached to an aromatic ring is 1. The molecule has 2 rings (SSSR count). The Labute approximate surface area is 112 Å². The quantitative estimate of drug-likeness (QED) is 0.887. The Balaban J connectivity index is 2.22. The van der Waals surface area contributed by atoms with Gasteiger partial charge in [0.25, 0.3) is 5.91 Å². The number of aryl methyl sites for hydroxylation is 1. The average molecular weight is 258 g/mol. The van der Waals surface area contributed by atoms with Gasteiger partial charge in [-0.1, -0.05) is 26.0 Å². The highest BCUT2D eigenvalue weighted by Crippen LogP contribution is 2.19. The van der Waals surface area contributed by atoms with Crippen LogP contribution in [-0.4, -0.2) is 15.7 Å². The second-order valence-electron chi connectivity index (χ2n) is 4.81. The Kier molecular flexibility index (Phi) is 3.55. The van der Waals surface area contributed by atoms with Gasteiger partial charge in [0.2, 0.25) is 0 Å². The molecule has 5 nitrogen and oxygen atoms in total. The van der Waals surface area contributed by atoms with Crippen molar-refractivity contribution in [2.75, 3.05) is 11.1 Å². The molecule has 100 valence electrons. The zero-order valence-corrected chi connectivity index (χ0v) is 11.3. The topological polar surface area (TPSA) is 72.9 Å². The minimum Gasteiger partial charge on any atom is -0.396 e. The molecule has 0 aliphatic carbocycles. The molecule has 5 heteroatoms. The maximum Gasteiger partial charge on any atom is 0.276 e. The van der Waals surface area contributed by atoms with Crippen molar-refractivity contribution in [2.24, 2.45) is 7.05 Å². The fourth-order valence-electron chi connectivity index (χ4n) is 1.90. The summed E-state index contributed by atoms with van der Waals surface area (Å²) in [4.78, 5) is 12.1. The number of carbonyl (C=O) groups excluding carboxylic acids is 1. The lowest BCUT2D eigenvalue weighted by Gasteiger charge is -2.10. The Bertz CT molecular complexity index is 582. The van der Waals surface area contributed by atoms with Crippen LogP contribution < -0.4 is 11.1 Å². The maximum atomic E-state index is 12.1. The van der Waals surface area contributed by atoms with Gasteiger partial charge >= 0.3 is 0 Å². The summed E-state index contributed by atoms with van der Waals surface area (Å²) in [5.74, 6) is 0.164. The van der Waals surface area contributed by atoms with Gasteiger partial charge in [0.05, 0.1) is 11.9 Å². The van der Waals surface area contributed by atoms with E-state index < -0.39 is 0 Å². The molecular formula is C14H18N4O. The SMILES string of the molecule is CC(C)c1cccc(NC(=O)c2c(N)cnn2C)c1. The molecule has 0 bridgehead atoms. The van der Waals surface area contributed by atoms with Gasteiger partial charge in [0.15, 0.2) is 0 Å². The molecule has 3 N–H and O–H groups in total. The van der Waals surface area contributed by atoms with E-state index in [0.717, 1.165) is 5.69 Å². The predicted molar refractivity (Wildman–Crippen MR) is 76.1 cm³/mol. The number of rotatable bonds is 3. The standard InChI is InChI=1S/C14H18N4O/c1-9(2)10-5-4-6-11(7-10)17-14(19)13-12(15)8-16-18(13)3/h4-9H,15H2,1-3H3,(H,17,19). The van der Waals surface area contributed by atoms with Gasteiger partial charge in [-0.25, -0.2) is 0 Å². The summed E-state index contributed by atoms with van der Waals surface area (Å²) in [6, 6.07) is 7.79. The average Bonchev–Trinajstić information content (AvgIpc) is 2.69. The van der Waals surface area contributed by atoms with E-state index in [1.54, 1.807) is 7.05 Å². The molecular weight excluding hydrogens is 240 g/mol. The van der Waals surface area contributed by atoms with E-state index in [4.69, 9.17) is 5.73 Å². The molecule has 0 saturated carbocycles. The Morgan fingerprint density at radius 3 is 2.74 bits per heavy atom. The highest BCUT2D eigenvalue weighted by Gasteiger charge is 2.15. The molecule has 19 heavy (non-hydrogen) atoms. The summed E-state index contributed by atoms with van der Waals surface area (Å²) < 4.78 is 1.47. The number of hydrogen-bond acceptors (Lipinski definition) is 3. The number of nitrogens with zero attached hydrogens (tertiary/aromatic N) is 2. The van der Waals surface area contributed by atoms with E-state index >= 15 is 0 Å². The third-order valence-electron chi connectivity index (χ3n) is 2.99. The van der Waals surface area contributed by atoms with Gasteiger partial charge in [-0.05, 0) is 23.6 Å². The van der Waals surface area contributed by atoms with E-state index in [1.165, 1.54) is 16.4 Å². The smallest absolute Gasteiger partial charge is 0.276 e. The van der Waals surface area contributed by atoms with E-state index in [-0.39, 0.29) is 5.91 Å². The van der Waals surface area contributed by atoms with Crippen molar-refractivity contribution in [3.63, 3.8) is 0 Å². The van der Waals surface area contributed by atoms with Gasteiger partial charge in [-0.3, -0.25) is 9.48 Å². The number of amides is 1. The summed E-state index contributed by atoms with van der Waals surface area (Å²) in [5, 5.41) is 6.80. The van der Waals surface area contributed by atoms with Crippen LogP contribution in [0.15, 0.2) is 30.5 Å². The minimum absolute atomic E-state index is 0.251. The number of hydrogen-bond donors (Lipinski definition) is 2. The summed E-state index contributed by atoms with van der Waals surface area (Å²) in [5.41, 5.74) is 8.41. The van der Waals surface area contributed by atoms with Gasteiger partial charge in [0.1, 0.15) is 5.69 Å². The van der Waals surface area contributed by atoms with E-state index in [1.807, 2.05) is 24.3 Å². The van der Waals surface area contributed by atoms with Crippen LogP contribution in [0.4, 0.5) is 11.4 Å². The molecule has 1 amide bonds. The lowest BCUT2D eigenvalue weighted by molar-refractivity contribution is 0.101. The number of nitrogens with two attached hydrogens (primary N) is 1. The monoisotopic (exact) mass is 258 g/mol. The zero-order valence-electron chi connectivity index (χ0n) is 11.3. The van der Waals surface area contributed by atoms with Gasteiger partial charge in [-0.15, -0.1) is 0 Å². The van der Waals surface area contributed by atoms with E-state index in [0.29, 0.717) is 17.3 Å². The van der Waals surface area contributed by atoms with Crippen LogP contribution in [0.3, 0.4) is 0 Å². The highest BCUT2D eigenvalue weighted by atomic mass is 16.2. The number of benzene rings is 1. The van der Waals surface area contributed by atoms with Crippen molar-refractivity contribution in [2.45, 2.75) is 19.8 Å². The first kappa shape index (κ1) is 13.1. The first-order valence-electron chi connectivity index (χ1n) is 6.18. The first-order valence-corrected chi connectivity index (χ1v) is 6.18. The molecule has 0 atom stereocenters. The second kappa shape index (κ2) is 5.14. The maximum absolute atomic E-state index is 12.1. The molecule has 0 unspecified atom stereocenters. The van der Waals surface area contributed by atoms with Crippen molar-refractivity contribution >= 4 is 17.3 Å². The fraction of sp³-hybridized carbons (Fsp3) is 0.286. The summed E-state index contributed by atoms with van der Waals surface area (Å²) in [7, 11) is 1.69. The third kappa shape index (κ3) is 2.76. The molecule has 1 heterocycles. The molecule has 0 aliphatic heterocycles. The van der Waals surface area contributed by atoms with Crippen LogP contribution in [0.25, 0.3) is 0 Å². The van der Waals surface area contributed by atoms with Crippen LogP contribution in [0.2, 0.25) is 0 Å². The van der Waals surface area contributed by atoms with Gasteiger partial charge in [-0.2, -0.15) is 5.10 Å². The Hall–Kier alpha value is -2.30. The van der Waals surface area contributed by atoms with E-state index in [9.17, 15) is 4.79 Å². The predicted octanol–water partition coefficient (Wildman–Crippen LogP) is 2.38. The fourth-order valence-corrected chi connectivity index (χ4v) is 1.90. The van der Waals surface area contributed by atoms with Crippen molar-refractivity contribution in [1.82, 2.24) is 9.78 Å². The second-order valence-corrected chi connectivity index (χ2v) is 4.81. The van der Waals surface area contributed by atoms with Crippen LogP contribution in [0.5, 0.6) is 0 Å². The zero-order chi connectivity index (χ0) is 14.0. The van der Waals surface area contributed by atoms with Gasteiger partial charge in [0, 0.05) is 12.7 Å². The molecule has 1 aromatic carbocycles. The molecule has 0 saturated heterocycles. The minimum atomic E-state index is -0.251. The number of anilines is 2. The van der Waals surface area contributed by atoms with Crippen molar-refractivity contribution in [3.8, 4) is 0 Å². The molecule has 0 aliphatic rings. The van der Waals surface area contributed by atoms with Crippen molar-refractivity contribution in [3.05, 3.63) is 41.7 Å². The van der Waals surface area contributed by atoms with Gasteiger partial charge < -0.3 is 11.1 Å². The lowest BCUT2D eigenvalue weighted by Crippen LogP contribution is -2.17. The summed E-state index contributed by atoms with van der Waals surface area (Å²) in [6.07, 6.45) is 1.47. The largest absolute Gasteiger partial charge is 0.396 e. The highest BCUT2D eigenvalue weighted by molar-refractivity contribution is 6.06. The van der Waals surface area contributed by atoms with Crippen LogP contribution in [-0.2, 0) is 7.05 Å². The number of nitrogens with one attached hydrogen (secondary N) is 1. The van der Waals surface area contributed by atoms with Crippen LogP contribution in [0, 0.1) is 0 Å². The van der Waals surface area contributed by atoms with Crippen LogP contribution >= 0.6 is 0 Å². The molecule has 1 aromatic heterocycles. The van der Waals surface area contributed by atoms with E-state index in [2.05, 4.69) is 24.3 Å².